The molecule has 0 atom stereocenters. The van der Waals surface area contributed by atoms with E-state index in [1.165, 1.54) is 48.7 Å². The molecule has 0 amide bonds. The Balaban J connectivity index is 0.000000221. The summed E-state index contributed by atoms with van der Waals surface area (Å²) in [5.74, 6) is 0.478. The van der Waals surface area contributed by atoms with Gasteiger partial charge in [0.25, 0.3) is 0 Å². The van der Waals surface area contributed by atoms with E-state index in [0.717, 1.165) is 22.5 Å². The molecule has 0 N–H and O–H groups in total. The van der Waals surface area contributed by atoms with E-state index in [1.54, 1.807) is 0 Å². The Morgan fingerprint density at radius 3 is 2.23 bits per heavy atom. The maximum atomic E-state index is 4.64. The number of pyridine rings is 2. The molecular formula is C39H32IrN2S-2. The smallest absolute Gasteiger partial charge is 0.0190 e. The van der Waals surface area contributed by atoms with Gasteiger partial charge in [-0.05, 0) is 71.1 Å². The topological polar surface area (TPSA) is 25.8 Å². The molecule has 0 spiro atoms. The molecule has 215 valence electrons. The van der Waals surface area contributed by atoms with Crippen molar-refractivity contribution in [3.05, 3.63) is 144 Å². The first-order valence-corrected chi connectivity index (χ1v) is 15.1. The van der Waals surface area contributed by atoms with E-state index >= 15 is 0 Å². The van der Waals surface area contributed by atoms with Gasteiger partial charge in [-0.3, -0.25) is 0 Å². The van der Waals surface area contributed by atoms with Crippen LogP contribution in [0.5, 0.6) is 0 Å². The molecule has 3 heterocycles. The molecular weight excluding hydrogens is 721 g/mol. The van der Waals surface area contributed by atoms with Crippen LogP contribution in [0.15, 0.2) is 125 Å². The van der Waals surface area contributed by atoms with Crippen LogP contribution in [-0.4, -0.2) is 9.97 Å². The molecule has 2 aromatic heterocycles. The minimum absolute atomic E-state index is 0. The van der Waals surface area contributed by atoms with Gasteiger partial charge in [-0.15, -0.1) is 71.4 Å². The zero-order valence-electron chi connectivity index (χ0n) is 24.7. The minimum Gasteiger partial charge on any atom is -0.305 e. The van der Waals surface area contributed by atoms with Crippen molar-refractivity contribution in [2.45, 2.75) is 43.4 Å². The van der Waals surface area contributed by atoms with Crippen LogP contribution in [0.3, 0.4) is 0 Å². The predicted molar refractivity (Wildman–Crippen MR) is 176 cm³/mol. The van der Waals surface area contributed by atoms with Gasteiger partial charge >= 0.3 is 0 Å². The molecule has 0 saturated heterocycles. The molecule has 1 aliphatic heterocycles. The molecule has 43 heavy (non-hydrogen) atoms. The molecule has 0 bridgehead atoms. The molecule has 1 radical (unpaired) electrons. The summed E-state index contributed by atoms with van der Waals surface area (Å²) in [6.07, 6.45) is 3.78. The summed E-state index contributed by atoms with van der Waals surface area (Å²) in [7, 11) is 0. The third-order valence-electron chi connectivity index (χ3n) is 7.48. The van der Waals surface area contributed by atoms with E-state index in [9.17, 15) is 0 Å². The Kier molecular flexibility index (Phi) is 9.72. The summed E-state index contributed by atoms with van der Waals surface area (Å²) in [5.41, 5.74) is 13.0. The summed E-state index contributed by atoms with van der Waals surface area (Å²) in [5, 5.41) is 0. The number of hydrogen-bond donors (Lipinski definition) is 0. The van der Waals surface area contributed by atoms with Gasteiger partial charge < -0.3 is 9.97 Å². The Morgan fingerprint density at radius 2 is 1.49 bits per heavy atom. The number of fused-ring (bicyclic) bond motifs is 5. The number of aromatic nitrogens is 2. The minimum atomic E-state index is 0. The molecule has 7 rings (SSSR count). The summed E-state index contributed by atoms with van der Waals surface area (Å²) in [6, 6.07) is 42.6. The van der Waals surface area contributed by atoms with Gasteiger partial charge in [0.2, 0.25) is 0 Å². The van der Waals surface area contributed by atoms with Crippen molar-refractivity contribution in [3.8, 4) is 44.8 Å². The number of aryl methyl sites for hydroxylation is 2. The van der Waals surface area contributed by atoms with Gasteiger partial charge in [-0.25, -0.2) is 0 Å². The second kappa shape index (κ2) is 13.7. The SMILES string of the molecule is Cc1ccc(-c2[c-]cccc2)nc1.Cc1cccc2c1-c1ccccc1-c1cc(-c3cc(C(C)C)ccn3)[c-]cc1S2.[Ir]. The van der Waals surface area contributed by atoms with Gasteiger partial charge in [0.05, 0.1) is 0 Å². The van der Waals surface area contributed by atoms with E-state index in [2.05, 4.69) is 116 Å². The average molecular weight is 753 g/mol. The molecule has 0 aliphatic carbocycles. The Bertz CT molecular complexity index is 1850. The van der Waals surface area contributed by atoms with Crippen LogP contribution in [0.1, 0.15) is 36.5 Å². The summed E-state index contributed by atoms with van der Waals surface area (Å²) >= 11 is 1.83. The van der Waals surface area contributed by atoms with Gasteiger partial charge in [0.1, 0.15) is 0 Å². The normalized spacial score (nSPS) is 11.2. The zero-order chi connectivity index (χ0) is 29.1. The largest absolute Gasteiger partial charge is 0.305 e. The van der Waals surface area contributed by atoms with Gasteiger partial charge in [-0.2, -0.15) is 0 Å². The maximum absolute atomic E-state index is 4.64. The van der Waals surface area contributed by atoms with Crippen molar-refractivity contribution in [3.63, 3.8) is 0 Å². The maximum Gasteiger partial charge on any atom is 0.0190 e. The average Bonchev–Trinajstić information content (AvgIpc) is 3.17. The van der Waals surface area contributed by atoms with Crippen molar-refractivity contribution < 1.29 is 20.1 Å². The molecule has 6 aromatic rings. The number of nitrogens with zero attached hydrogens (tertiary/aromatic N) is 2. The summed E-state index contributed by atoms with van der Waals surface area (Å²) < 4.78 is 0. The molecule has 2 nitrogen and oxygen atoms in total. The van der Waals surface area contributed by atoms with E-state index in [-0.39, 0.29) is 20.1 Å². The van der Waals surface area contributed by atoms with Crippen LogP contribution in [0, 0.1) is 26.0 Å². The molecule has 4 aromatic carbocycles. The van der Waals surface area contributed by atoms with E-state index in [0.29, 0.717) is 5.92 Å². The predicted octanol–water partition coefficient (Wildman–Crippen LogP) is 10.6. The Labute approximate surface area is 273 Å². The van der Waals surface area contributed by atoms with E-state index in [4.69, 9.17) is 0 Å². The fourth-order valence-corrected chi connectivity index (χ4v) is 6.33. The van der Waals surface area contributed by atoms with Crippen molar-refractivity contribution in [2.24, 2.45) is 0 Å². The first-order chi connectivity index (χ1) is 20.5. The second-order valence-electron chi connectivity index (χ2n) is 10.8. The standard InChI is InChI=1S/C27H22NS.C12H10N.Ir/c1-17(2)19-13-14-28-24(16-19)20-11-12-25-23(15-20)21-8-4-5-9-22(21)27-18(3)7-6-10-26(27)29-25;1-10-7-8-12(13-9-10)11-5-3-2-4-6-11;/h4-10,12-17H,1-3H3;2-5,7-9H,1H3;/q2*-1;. The van der Waals surface area contributed by atoms with Crippen LogP contribution in [0.25, 0.3) is 44.8 Å². The second-order valence-corrected chi connectivity index (χ2v) is 11.9. The molecule has 0 saturated carbocycles. The summed E-state index contributed by atoms with van der Waals surface area (Å²) in [6.45, 7) is 8.66. The zero-order valence-corrected chi connectivity index (χ0v) is 27.9. The van der Waals surface area contributed by atoms with Crippen LogP contribution in [0.2, 0.25) is 0 Å². The van der Waals surface area contributed by atoms with Gasteiger partial charge in [0, 0.05) is 37.4 Å². The van der Waals surface area contributed by atoms with Crippen LogP contribution in [-0.2, 0) is 20.1 Å². The van der Waals surface area contributed by atoms with Crippen molar-refractivity contribution in [1.82, 2.24) is 9.97 Å². The quantitative estimate of drug-likeness (QED) is 0.168. The first-order valence-electron chi connectivity index (χ1n) is 14.3. The van der Waals surface area contributed by atoms with Gasteiger partial charge in [-0.1, -0.05) is 84.5 Å². The van der Waals surface area contributed by atoms with Crippen LogP contribution >= 0.6 is 11.8 Å². The summed E-state index contributed by atoms with van der Waals surface area (Å²) in [4.78, 5) is 11.5. The molecule has 1 aliphatic rings. The molecule has 4 heteroatoms. The van der Waals surface area contributed by atoms with Crippen molar-refractivity contribution in [2.75, 3.05) is 0 Å². The van der Waals surface area contributed by atoms with Gasteiger partial charge in [0.15, 0.2) is 0 Å². The number of rotatable bonds is 3. The monoisotopic (exact) mass is 753 g/mol. The number of benzene rings is 4. The third-order valence-corrected chi connectivity index (χ3v) is 8.59. The fourth-order valence-electron chi connectivity index (χ4n) is 5.18. The third kappa shape index (κ3) is 6.73. The van der Waals surface area contributed by atoms with E-state index in [1.807, 2.05) is 61.4 Å². The van der Waals surface area contributed by atoms with Crippen LogP contribution < -0.4 is 0 Å². The van der Waals surface area contributed by atoms with Crippen LogP contribution in [0.4, 0.5) is 0 Å². The Morgan fingerprint density at radius 1 is 0.674 bits per heavy atom. The van der Waals surface area contributed by atoms with Crippen molar-refractivity contribution >= 4 is 11.8 Å². The fraction of sp³-hybridized carbons (Fsp3) is 0.128. The molecule has 0 fully saturated rings. The molecule has 0 unspecified atom stereocenters. The number of hydrogen-bond acceptors (Lipinski definition) is 3. The van der Waals surface area contributed by atoms with Crippen molar-refractivity contribution in [1.29, 1.82) is 0 Å². The van der Waals surface area contributed by atoms with E-state index < -0.39 is 0 Å². The first kappa shape index (κ1) is 30.6. The Hall–Kier alpha value is -3.82.